The number of hydrogen-bond donors (Lipinski definition) is 0. The minimum atomic E-state index is 0. The van der Waals surface area contributed by atoms with E-state index in [0.29, 0.717) is 11.8 Å². The molecule has 0 spiro atoms. The normalized spacial score (nSPS) is 7.56. The Morgan fingerprint density at radius 1 is 1.33 bits per heavy atom. The molecular formula is C6H8N2O. The molecule has 9 heavy (non-hydrogen) atoms. The molecule has 0 aliphatic rings. The van der Waals surface area contributed by atoms with Crippen LogP contribution in [0.25, 0.3) is 0 Å². The van der Waals surface area contributed by atoms with Gasteiger partial charge in [-0.1, -0.05) is 7.43 Å². The fourth-order valence-electron chi connectivity index (χ4n) is 0.371. The second-order valence-electron chi connectivity index (χ2n) is 1.29. The van der Waals surface area contributed by atoms with Gasteiger partial charge in [0.25, 0.3) is 0 Å². The molecule has 1 aromatic rings. The summed E-state index contributed by atoms with van der Waals surface area (Å²) >= 11 is 0. The monoisotopic (exact) mass is 124 g/mol. The van der Waals surface area contributed by atoms with Crippen molar-refractivity contribution in [3.8, 4) is 0 Å². The van der Waals surface area contributed by atoms with Gasteiger partial charge in [-0.15, -0.1) is 0 Å². The summed E-state index contributed by atoms with van der Waals surface area (Å²) in [5, 5.41) is 0. The Morgan fingerprint density at radius 2 is 1.89 bits per heavy atom. The van der Waals surface area contributed by atoms with Crippen LogP contribution in [0, 0.1) is 0 Å². The maximum absolute atomic E-state index is 9.93. The number of carbonyl (C=O) groups excluding carboxylic acids is 1. The second-order valence-corrected chi connectivity index (χ2v) is 1.29. The summed E-state index contributed by atoms with van der Waals surface area (Å²) in [6, 6.07) is 0. The van der Waals surface area contributed by atoms with Gasteiger partial charge in [-0.2, -0.15) is 0 Å². The van der Waals surface area contributed by atoms with Crippen LogP contribution in [0.5, 0.6) is 0 Å². The van der Waals surface area contributed by atoms with Gasteiger partial charge in [0.05, 0.1) is 5.56 Å². The van der Waals surface area contributed by atoms with E-state index in [2.05, 4.69) is 9.97 Å². The molecule has 0 aliphatic heterocycles. The first-order chi connectivity index (χ1) is 3.93. The van der Waals surface area contributed by atoms with E-state index in [4.69, 9.17) is 0 Å². The van der Waals surface area contributed by atoms with E-state index in [0.717, 1.165) is 0 Å². The minimum Gasteiger partial charge on any atom is -0.298 e. The molecule has 0 aliphatic carbocycles. The van der Waals surface area contributed by atoms with Crippen molar-refractivity contribution in [3.05, 3.63) is 24.3 Å². The van der Waals surface area contributed by atoms with Crippen LogP contribution in [0.2, 0.25) is 0 Å². The number of rotatable bonds is 1. The Bertz CT molecular complexity index is 174. The largest absolute Gasteiger partial charge is 0.298 e. The smallest absolute Gasteiger partial charge is 0.153 e. The predicted octanol–water partition coefficient (Wildman–Crippen LogP) is 0.925. The fourth-order valence-corrected chi connectivity index (χ4v) is 0.371. The Kier molecular flexibility index (Phi) is 3.20. The van der Waals surface area contributed by atoms with E-state index >= 15 is 0 Å². The van der Waals surface area contributed by atoms with Crippen molar-refractivity contribution >= 4 is 6.29 Å². The Balaban J connectivity index is 0.000000640. The lowest BCUT2D eigenvalue weighted by molar-refractivity contribution is 0.112. The highest BCUT2D eigenvalue weighted by Gasteiger charge is 1.82. The molecule has 0 atom stereocenters. The zero-order valence-electron chi connectivity index (χ0n) is 4.11. The Hall–Kier alpha value is -1.25. The molecule has 0 radical (unpaired) electrons. The lowest BCUT2D eigenvalue weighted by Crippen LogP contribution is -1.81. The van der Waals surface area contributed by atoms with E-state index in [-0.39, 0.29) is 7.43 Å². The molecule has 0 aromatic carbocycles. The predicted molar refractivity (Wildman–Crippen MR) is 34.2 cm³/mol. The van der Waals surface area contributed by atoms with Crippen LogP contribution in [0.1, 0.15) is 17.8 Å². The van der Waals surface area contributed by atoms with Crippen molar-refractivity contribution < 1.29 is 4.79 Å². The summed E-state index contributed by atoms with van der Waals surface area (Å²) in [7, 11) is 0. The lowest BCUT2D eigenvalue weighted by Gasteiger charge is -1.80. The highest BCUT2D eigenvalue weighted by atomic mass is 16.1. The van der Waals surface area contributed by atoms with E-state index in [9.17, 15) is 4.79 Å². The summed E-state index contributed by atoms with van der Waals surface area (Å²) in [5.74, 6) is 0. The standard InChI is InChI=1S/C5H4N2O.CH4/c8-3-5-1-6-4-7-2-5;/h1-4H;1H4. The van der Waals surface area contributed by atoms with Gasteiger partial charge in [0.1, 0.15) is 6.33 Å². The van der Waals surface area contributed by atoms with Crippen LogP contribution < -0.4 is 0 Å². The molecule has 0 saturated heterocycles. The average molecular weight is 124 g/mol. The Labute approximate surface area is 53.8 Å². The first-order valence-corrected chi connectivity index (χ1v) is 2.13. The van der Waals surface area contributed by atoms with Crippen molar-refractivity contribution in [1.29, 1.82) is 0 Å². The summed E-state index contributed by atoms with van der Waals surface area (Å²) in [4.78, 5) is 17.2. The average Bonchev–Trinajstić information content (AvgIpc) is 1.90. The molecule has 1 aromatic heterocycles. The number of aldehydes is 1. The van der Waals surface area contributed by atoms with Crippen LogP contribution in [-0.4, -0.2) is 16.3 Å². The maximum atomic E-state index is 9.93. The van der Waals surface area contributed by atoms with Gasteiger partial charge >= 0.3 is 0 Å². The van der Waals surface area contributed by atoms with Gasteiger partial charge in [0.15, 0.2) is 6.29 Å². The van der Waals surface area contributed by atoms with Crippen LogP contribution in [0.15, 0.2) is 18.7 Å². The summed E-state index contributed by atoms with van der Waals surface area (Å²) in [6.07, 6.45) is 5.01. The molecule has 3 nitrogen and oxygen atoms in total. The third kappa shape index (κ3) is 1.99. The van der Waals surface area contributed by atoms with Crippen molar-refractivity contribution in [2.75, 3.05) is 0 Å². The molecule has 0 saturated carbocycles. The van der Waals surface area contributed by atoms with Crippen LogP contribution in [0.4, 0.5) is 0 Å². The summed E-state index contributed by atoms with van der Waals surface area (Å²) in [6.45, 7) is 0. The van der Waals surface area contributed by atoms with Crippen LogP contribution in [-0.2, 0) is 0 Å². The number of hydrogen-bond acceptors (Lipinski definition) is 3. The molecule has 0 bridgehead atoms. The lowest BCUT2D eigenvalue weighted by atomic mass is 10.4. The third-order valence-electron chi connectivity index (χ3n) is 0.717. The molecular weight excluding hydrogens is 116 g/mol. The van der Waals surface area contributed by atoms with Gasteiger partial charge in [0.2, 0.25) is 0 Å². The van der Waals surface area contributed by atoms with E-state index < -0.39 is 0 Å². The SMILES string of the molecule is C.O=Cc1cncnc1. The van der Waals surface area contributed by atoms with Gasteiger partial charge in [-0.25, -0.2) is 9.97 Å². The zero-order valence-corrected chi connectivity index (χ0v) is 4.11. The number of nitrogens with zero attached hydrogens (tertiary/aromatic N) is 2. The maximum Gasteiger partial charge on any atom is 0.153 e. The second kappa shape index (κ2) is 3.72. The summed E-state index contributed by atoms with van der Waals surface area (Å²) in [5.41, 5.74) is 0.507. The fraction of sp³-hybridized carbons (Fsp3) is 0.167. The van der Waals surface area contributed by atoms with Crippen LogP contribution >= 0.6 is 0 Å². The zero-order chi connectivity index (χ0) is 5.82. The molecule has 0 N–H and O–H groups in total. The molecule has 0 unspecified atom stereocenters. The van der Waals surface area contributed by atoms with E-state index in [1.165, 1.54) is 18.7 Å². The molecule has 48 valence electrons. The first-order valence-electron chi connectivity index (χ1n) is 2.13. The molecule has 3 heteroatoms. The summed E-state index contributed by atoms with van der Waals surface area (Å²) < 4.78 is 0. The topological polar surface area (TPSA) is 42.9 Å². The van der Waals surface area contributed by atoms with Crippen molar-refractivity contribution in [2.45, 2.75) is 7.43 Å². The van der Waals surface area contributed by atoms with Gasteiger partial charge in [-0.05, 0) is 0 Å². The van der Waals surface area contributed by atoms with E-state index in [1.54, 1.807) is 0 Å². The van der Waals surface area contributed by atoms with Crippen molar-refractivity contribution in [2.24, 2.45) is 0 Å². The molecule has 0 amide bonds. The minimum absolute atomic E-state index is 0. The number of carbonyl (C=O) groups is 1. The van der Waals surface area contributed by atoms with Crippen molar-refractivity contribution in [3.63, 3.8) is 0 Å². The highest BCUT2D eigenvalue weighted by Crippen LogP contribution is 1.83. The third-order valence-corrected chi connectivity index (χ3v) is 0.717. The Morgan fingerprint density at radius 3 is 2.22 bits per heavy atom. The quantitative estimate of drug-likeness (QED) is 0.523. The van der Waals surface area contributed by atoms with Crippen LogP contribution in [0.3, 0.4) is 0 Å². The highest BCUT2D eigenvalue weighted by molar-refractivity contribution is 5.73. The first kappa shape index (κ1) is 7.75. The van der Waals surface area contributed by atoms with E-state index in [1.807, 2.05) is 0 Å². The molecule has 1 rings (SSSR count). The molecule has 0 fully saturated rings. The molecule has 1 heterocycles. The van der Waals surface area contributed by atoms with Gasteiger partial charge < -0.3 is 0 Å². The van der Waals surface area contributed by atoms with Crippen molar-refractivity contribution in [1.82, 2.24) is 9.97 Å². The number of aromatic nitrogens is 2. The van der Waals surface area contributed by atoms with Gasteiger partial charge in [0, 0.05) is 12.4 Å². The van der Waals surface area contributed by atoms with Gasteiger partial charge in [-0.3, -0.25) is 4.79 Å².